The highest BCUT2D eigenvalue weighted by molar-refractivity contribution is 8.15. The summed E-state index contributed by atoms with van der Waals surface area (Å²) in [5.41, 5.74) is 0.277. The molecule has 2 amide bonds. The fraction of sp³-hybridized carbons (Fsp3) is 0.571. The molecule has 3 aliphatic heterocycles. The number of thioether (sulfide) groups is 1. The van der Waals surface area contributed by atoms with Gasteiger partial charge in [-0.05, 0) is 38.5 Å². The largest absolute Gasteiger partial charge is 0.454 e. The maximum atomic E-state index is 12.5. The van der Waals surface area contributed by atoms with Gasteiger partial charge in [0.15, 0.2) is 26.5 Å². The summed E-state index contributed by atoms with van der Waals surface area (Å²) in [6.07, 6.45) is -0.586. The second kappa shape index (κ2) is 9.05. The Labute approximate surface area is 197 Å². The standard InChI is InChI=1S/C21H27N3O7S2/c1-21(2,3)31-20(26)22-7-6-18(25)23-19-24(14-10-33(27,28)11-17(14)32-19)9-13-4-5-15-16(8-13)30-12-29-15/h4-5,8,14,17H,6-7,9-12H2,1-3H3,(H,22,26). The van der Waals surface area contributed by atoms with E-state index in [0.717, 1.165) is 5.56 Å². The first-order valence-electron chi connectivity index (χ1n) is 10.6. The van der Waals surface area contributed by atoms with Crippen LogP contribution in [-0.2, 0) is 25.9 Å². The minimum atomic E-state index is -3.14. The van der Waals surface area contributed by atoms with E-state index in [0.29, 0.717) is 23.2 Å². The van der Waals surface area contributed by atoms with Gasteiger partial charge in [0.2, 0.25) is 12.7 Å². The molecule has 1 aromatic rings. The maximum Gasteiger partial charge on any atom is 0.407 e. The van der Waals surface area contributed by atoms with Gasteiger partial charge < -0.3 is 24.4 Å². The lowest BCUT2D eigenvalue weighted by Gasteiger charge is -2.24. The number of carbonyl (C=O) groups is 2. The van der Waals surface area contributed by atoms with E-state index in [4.69, 9.17) is 14.2 Å². The molecule has 0 aromatic heterocycles. The monoisotopic (exact) mass is 497 g/mol. The average Bonchev–Trinajstić information content (AvgIpc) is 3.34. The molecule has 0 spiro atoms. The summed E-state index contributed by atoms with van der Waals surface area (Å²) in [7, 11) is -3.14. The van der Waals surface area contributed by atoms with Crippen LogP contribution in [0.15, 0.2) is 23.2 Å². The lowest BCUT2D eigenvalue weighted by atomic mass is 10.1. The van der Waals surface area contributed by atoms with Gasteiger partial charge in [-0.15, -0.1) is 0 Å². The first kappa shape index (κ1) is 23.7. The van der Waals surface area contributed by atoms with Crippen LogP contribution in [0.5, 0.6) is 11.5 Å². The molecular formula is C21H27N3O7S2. The minimum Gasteiger partial charge on any atom is -0.454 e. The highest BCUT2D eigenvalue weighted by Gasteiger charge is 2.48. The van der Waals surface area contributed by atoms with Gasteiger partial charge in [-0.3, -0.25) is 4.79 Å². The normalized spacial score (nSPS) is 24.1. The van der Waals surface area contributed by atoms with Gasteiger partial charge in [0.05, 0.1) is 17.5 Å². The number of aliphatic imine (C=N–C) groups is 1. The predicted molar refractivity (Wildman–Crippen MR) is 123 cm³/mol. The van der Waals surface area contributed by atoms with Gasteiger partial charge in [0, 0.05) is 24.8 Å². The van der Waals surface area contributed by atoms with Gasteiger partial charge in [-0.1, -0.05) is 17.8 Å². The molecule has 10 nitrogen and oxygen atoms in total. The Bertz CT molecular complexity index is 1080. The van der Waals surface area contributed by atoms with Crippen LogP contribution in [0.25, 0.3) is 0 Å². The molecule has 0 bridgehead atoms. The van der Waals surface area contributed by atoms with E-state index >= 15 is 0 Å². The van der Waals surface area contributed by atoms with Crippen LogP contribution in [0.2, 0.25) is 0 Å². The molecule has 0 aliphatic carbocycles. The van der Waals surface area contributed by atoms with Gasteiger partial charge >= 0.3 is 6.09 Å². The van der Waals surface area contributed by atoms with Gasteiger partial charge in [-0.25, -0.2) is 13.2 Å². The topological polar surface area (TPSA) is 124 Å². The van der Waals surface area contributed by atoms with Crippen molar-refractivity contribution in [3.8, 4) is 11.5 Å². The fourth-order valence-corrected chi connectivity index (χ4v) is 7.77. The Morgan fingerprint density at radius 3 is 2.76 bits per heavy atom. The molecule has 2 unspecified atom stereocenters. The van der Waals surface area contributed by atoms with Crippen molar-refractivity contribution in [2.75, 3.05) is 24.8 Å². The van der Waals surface area contributed by atoms with E-state index < -0.39 is 27.4 Å². The summed E-state index contributed by atoms with van der Waals surface area (Å²) in [5.74, 6) is 0.998. The van der Waals surface area contributed by atoms with Crippen LogP contribution in [-0.4, -0.2) is 72.2 Å². The predicted octanol–water partition coefficient (Wildman–Crippen LogP) is 1.93. The summed E-state index contributed by atoms with van der Waals surface area (Å²) >= 11 is 1.32. The van der Waals surface area contributed by atoms with Crippen LogP contribution in [0.4, 0.5) is 4.79 Å². The average molecular weight is 498 g/mol. The molecule has 3 heterocycles. The molecule has 1 N–H and O–H groups in total. The number of nitrogens with one attached hydrogen (secondary N) is 1. The molecule has 4 rings (SSSR count). The van der Waals surface area contributed by atoms with Crippen molar-refractivity contribution in [1.82, 2.24) is 10.2 Å². The SMILES string of the molecule is CC(C)(C)OC(=O)NCCC(=O)N=C1SC2CS(=O)(=O)CC2N1Cc1ccc2c(c1)OCO2. The number of hydrogen-bond donors (Lipinski definition) is 1. The molecule has 0 radical (unpaired) electrons. The van der Waals surface area contributed by atoms with Crippen LogP contribution >= 0.6 is 11.8 Å². The Balaban J connectivity index is 1.43. The Morgan fingerprint density at radius 1 is 1.24 bits per heavy atom. The first-order chi connectivity index (χ1) is 15.5. The molecule has 0 saturated carbocycles. The number of benzene rings is 1. The molecular weight excluding hydrogens is 470 g/mol. The fourth-order valence-electron chi connectivity index (χ4n) is 3.80. The number of ether oxygens (including phenoxy) is 3. The number of nitrogens with zero attached hydrogens (tertiary/aromatic N) is 2. The Hall–Kier alpha value is -2.47. The molecule has 2 atom stereocenters. The lowest BCUT2D eigenvalue weighted by molar-refractivity contribution is -0.117. The highest BCUT2D eigenvalue weighted by atomic mass is 32.2. The number of amidine groups is 1. The second-order valence-corrected chi connectivity index (χ2v) is 12.4. The first-order valence-corrected chi connectivity index (χ1v) is 13.3. The second-order valence-electron chi connectivity index (χ2n) is 9.08. The summed E-state index contributed by atoms with van der Waals surface area (Å²) in [6, 6.07) is 5.30. The number of carbonyl (C=O) groups excluding carboxylic acids is 2. The lowest BCUT2D eigenvalue weighted by Crippen LogP contribution is -2.37. The van der Waals surface area contributed by atoms with Crippen molar-refractivity contribution < 1.29 is 32.2 Å². The summed E-state index contributed by atoms with van der Waals surface area (Å²) in [6.45, 7) is 5.92. The van der Waals surface area contributed by atoms with Crippen molar-refractivity contribution >= 4 is 38.8 Å². The summed E-state index contributed by atoms with van der Waals surface area (Å²) in [5, 5.41) is 2.87. The van der Waals surface area contributed by atoms with Crippen molar-refractivity contribution in [3.63, 3.8) is 0 Å². The Morgan fingerprint density at radius 2 is 2.00 bits per heavy atom. The highest BCUT2D eigenvalue weighted by Crippen LogP contribution is 2.40. The van der Waals surface area contributed by atoms with Crippen molar-refractivity contribution in [1.29, 1.82) is 0 Å². The zero-order valence-corrected chi connectivity index (χ0v) is 20.3. The van der Waals surface area contributed by atoms with E-state index in [-0.39, 0.29) is 42.6 Å². The molecule has 2 fully saturated rings. The van der Waals surface area contributed by atoms with Crippen LogP contribution in [0.1, 0.15) is 32.8 Å². The van der Waals surface area contributed by atoms with Gasteiger partial charge in [-0.2, -0.15) is 4.99 Å². The Kier molecular flexibility index (Phi) is 6.50. The third-order valence-electron chi connectivity index (χ3n) is 5.19. The number of fused-ring (bicyclic) bond motifs is 2. The molecule has 12 heteroatoms. The quantitative estimate of drug-likeness (QED) is 0.650. The van der Waals surface area contributed by atoms with E-state index in [1.165, 1.54) is 11.8 Å². The van der Waals surface area contributed by atoms with E-state index in [1.54, 1.807) is 20.8 Å². The number of amides is 2. The smallest absolute Gasteiger partial charge is 0.407 e. The molecule has 33 heavy (non-hydrogen) atoms. The zero-order chi connectivity index (χ0) is 23.8. The zero-order valence-electron chi connectivity index (χ0n) is 18.7. The summed E-state index contributed by atoms with van der Waals surface area (Å²) in [4.78, 5) is 30.4. The number of sulfone groups is 1. The van der Waals surface area contributed by atoms with E-state index in [2.05, 4.69) is 10.3 Å². The third kappa shape index (κ3) is 5.91. The van der Waals surface area contributed by atoms with Crippen LogP contribution in [0.3, 0.4) is 0 Å². The van der Waals surface area contributed by atoms with Gasteiger partial charge in [0.25, 0.3) is 0 Å². The molecule has 2 saturated heterocycles. The van der Waals surface area contributed by atoms with Crippen molar-refractivity contribution in [3.05, 3.63) is 23.8 Å². The number of hydrogen-bond acceptors (Lipinski definition) is 8. The molecule has 180 valence electrons. The number of alkyl carbamates (subject to hydrolysis) is 1. The number of rotatable bonds is 5. The van der Waals surface area contributed by atoms with Gasteiger partial charge in [0.1, 0.15) is 5.60 Å². The maximum absolute atomic E-state index is 12.5. The van der Waals surface area contributed by atoms with Crippen molar-refractivity contribution in [2.24, 2.45) is 4.99 Å². The van der Waals surface area contributed by atoms with Crippen molar-refractivity contribution in [2.45, 2.75) is 50.6 Å². The minimum absolute atomic E-state index is 0.00873. The van der Waals surface area contributed by atoms with Crippen LogP contribution in [0, 0.1) is 0 Å². The van der Waals surface area contributed by atoms with E-state index in [1.807, 2.05) is 23.1 Å². The molecule has 3 aliphatic rings. The van der Waals surface area contributed by atoms with Crippen LogP contribution < -0.4 is 14.8 Å². The van der Waals surface area contributed by atoms with E-state index in [9.17, 15) is 18.0 Å². The third-order valence-corrected chi connectivity index (χ3v) is 8.44. The summed E-state index contributed by atoms with van der Waals surface area (Å²) < 4.78 is 40.3. The molecule has 1 aromatic carbocycles.